The van der Waals surface area contributed by atoms with Crippen LogP contribution in [-0.4, -0.2) is 52.5 Å². The maximum Gasteiger partial charge on any atom is 0.326 e. The second-order valence-electron chi connectivity index (χ2n) is 8.63. The number of carboxylic acids is 1. The van der Waals surface area contributed by atoms with E-state index in [4.69, 9.17) is 0 Å². The van der Waals surface area contributed by atoms with Crippen LogP contribution in [0.2, 0.25) is 0 Å². The molecule has 6 nitrogen and oxygen atoms in total. The van der Waals surface area contributed by atoms with Gasteiger partial charge in [0.15, 0.2) is 0 Å². The number of hydrogen-bond donors (Lipinski definition) is 1. The highest BCUT2D eigenvalue weighted by atomic mass is 16.4. The first-order chi connectivity index (χ1) is 13.6. The third-order valence-corrected chi connectivity index (χ3v) is 6.79. The fourth-order valence-corrected chi connectivity index (χ4v) is 5.01. The van der Waals surface area contributed by atoms with E-state index in [-0.39, 0.29) is 17.2 Å². The number of fused-ring (bicyclic) bond motifs is 1. The summed E-state index contributed by atoms with van der Waals surface area (Å²) >= 11 is 0. The monoisotopic (exact) mass is 379 g/mol. The number of carbonyl (C=O) groups is 2. The summed E-state index contributed by atoms with van der Waals surface area (Å²) in [5.41, 5.74) is 2.12. The average molecular weight is 379 g/mol. The van der Waals surface area contributed by atoms with E-state index in [1.165, 1.54) is 5.69 Å². The topological polar surface area (TPSA) is 73.7 Å². The Labute approximate surface area is 164 Å². The van der Waals surface area contributed by atoms with Crippen molar-refractivity contribution in [3.8, 4) is 0 Å². The van der Waals surface area contributed by atoms with Crippen LogP contribution in [0.25, 0.3) is 10.9 Å². The fraction of sp³-hybridized carbons (Fsp3) is 0.500. The van der Waals surface area contributed by atoms with E-state index in [1.807, 2.05) is 24.4 Å². The van der Waals surface area contributed by atoms with E-state index in [9.17, 15) is 14.7 Å². The van der Waals surface area contributed by atoms with Gasteiger partial charge in [0.2, 0.25) is 5.91 Å². The lowest BCUT2D eigenvalue weighted by atomic mass is 9.76. The molecule has 2 aliphatic heterocycles. The summed E-state index contributed by atoms with van der Waals surface area (Å²) in [6.07, 6.45) is 6.11. The molecule has 146 valence electrons. The number of para-hydroxylation sites is 1. The van der Waals surface area contributed by atoms with E-state index in [1.54, 1.807) is 4.90 Å². The molecule has 2 aromatic rings. The zero-order valence-electron chi connectivity index (χ0n) is 15.9. The minimum absolute atomic E-state index is 0.0619. The Morgan fingerprint density at radius 3 is 2.57 bits per heavy atom. The Bertz CT molecular complexity index is 926. The molecule has 1 aromatic heterocycles. The molecule has 2 saturated heterocycles. The largest absolute Gasteiger partial charge is 0.480 e. The van der Waals surface area contributed by atoms with Crippen molar-refractivity contribution in [3.05, 3.63) is 36.5 Å². The number of piperidine rings is 1. The molecule has 0 bridgehead atoms. The predicted octanol–water partition coefficient (Wildman–Crippen LogP) is 2.92. The Hall–Kier alpha value is -2.63. The quantitative estimate of drug-likeness (QED) is 0.888. The van der Waals surface area contributed by atoms with Gasteiger partial charge in [0.1, 0.15) is 6.04 Å². The molecule has 0 unspecified atom stereocenters. The first kappa shape index (κ1) is 17.5. The molecular formula is C22H25N3O3. The van der Waals surface area contributed by atoms with Gasteiger partial charge in [0, 0.05) is 42.8 Å². The minimum Gasteiger partial charge on any atom is -0.480 e. The number of amides is 1. The van der Waals surface area contributed by atoms with Crippen molar-refractivity contribution in [1.82, 2.24) is 9.88 Å². The van der Waals surface area contributed by atoms with Crippen molar-refractivity contribution >= 4 is 28.5 Å². The van der Waals surface area contributed by atoms with Crippen LogP contribution >= 0.6 is 0 Å². The molecule has 1 aliphatic carbocycles. The molecule has 1 atom stereocenters. The molecule has 0 radical (unpaired) electrons. The highest BCUT2D eigenvalue weighted by Gasteiger charge is 2.51. The summed E-state index contributed by atoms with van der Waals surface area (Å²) in [5, 5.41) is 10.8. The van der Waals surface area contributed by atoms with E-state index in [2.05, 4.69) is 22.0 Å². The van der Waals surface area contributed by atoms with Crippen LogP contribution in [-0.2, 0) is 9.59 Å². The van der Waals surface area contributed by atoms with Crippen LogP contribution in [0.1, 0.15) is 32.1 Å². The Morgan fingerprint density at radius 2 is 1.86 bits per heavy atom. The number of carbonyl (C=O) groups excluding carboxylic acids is 1. The van der Waals surface area contributed by atoms with Gasteiger partial charge in [0.05, 0.1) is 5.52 Å². The highest BCUT2D eigenvalue weighted by molar-refractivity contribution is 5.91. The molecule has 1 spiro atoms. The molecule has 6 heteroatoms. The second-order valence-corrected chi connectivity index (χ2v) is 8.63. The van der Waals surface area contributed by atoms with Gasteiger partial charge in [-0.05, 0) is 49.7 Å². The molecule has 28 heavy (non-hydrogen) atoms. The summed E-state index contributed by atoms with van der Waals surface area (Å²) in [6, 6.07) is 9.59. The van der Waals surface area contributed by atoms with Crippen LogP contribution in [0.4, 0.5) is 5.69 Å². The van der Waals surface area contributed by atoms with Gasteiger partial charge in [-0.2, -0.15) is 0 Å². The summed E-state index contributed by atoms with van der Waals surface area (Å²) in [6.45, 7) is 2.36. The van der Waals surface area contributed by atoms with Gasteiger partial charge in [-0.3, -0.25) is 9.78 Å². The van der Waals surface area contributed by atoms with E-state index in [0.29, 0.717) is 13.0 Å². The number of pyridine rings is 1. The zero-order valence-corrected chi connectivity index (χ0v) is 15.9. The maximum absolute atomic E-state index is 12.6. The first-order valence-corrected chi connectivity index (χ1v) is 10.2. The van der Waals surface area contributed by atoms with Crippen LogP contribution in [0.3, 0.4) is 0 Å². The number of nitrogens with zero attached hydrogens (tertiary/aromatic N) is 3. The van der Waals surface area contributed by atoms with Crippen molar-refractivity contribution in [2.24, 2.45) is 11.3 Å². The lowest BCUT2D eigenvalue weighted by molar-refractivity contribution is -0.148. The third kappa shape index (κ3) is 2.91. The molecule has 1 saturated carbocycles. The van der Waals surface area contributed by atoms with E-state index in [0.717, 1.165) is 49.7 Å². The first-order valence-electron chi connectivity index (χ1n) is 10.2. The van der Waals surface area contributed by atoms with Crippen molar-refractivity contribution in [2.45, 2.75) is 38.1 Å². The highest BCUT2D eigenvalue weighted by Crippen LogP contribution is 2.46. The average Bonchev–Trinajstić information content (AvgIpc) is 3.50. The van der Waals surface area contributed by atoms with E-state index < -0.39 is 12.0 Å². The number of aromatic nitrogens is 1. The molecule has 3 heterocycles. The smallest absolute Gasteiger partial charge is 0.326 e. The fourth-order valence-electron chi connectivity index (χ4n) is 5.01. The van der Waals surface area contributed by atoms with Crippen molar-refractivity contribution in [2.75, 3.05) is 24.5 Å². The third-order valence-electron chi connectivity index (χ3n) is 6.79. The Balaban J connectivity index is 1.35. The summed E-state index contributed by atoms with van der Waals surface area (Å²) in [5.74, 6) is -0.722. The number of benzene rings is 1. The predicted molar refractivity (Wildman–Crippen MR) is 106 cm³/mol. The number of likely N-dealkylation sites (tertiary alicyclic amines) is 1. The summed E-state index contributed by atoms with van der Waals surface area (Å²) < 4.78 is 0. The van der Waals surface area contributed by atoms with Crippen LogP contribution in [0.15, 0.2) is 36.5 Å². The maximum atomic E-state index is 12.6. The number of rotatable bonds is 3. The van der Waals surface area contributed by atoms with Crippen LogP contribution in [0.5, 0.6) is 0 Å². The van der Waals surface area contributed by atoms with Gasteiger partial charge >= 0.3 is 5.97 Å². The standard InChI is InChI=1S/C22H25N3O3/c26-20(15-5-6-15)25-14-22(13-19(25)21(27)28)8-11-24(12-9-22)18-7-10-23-17-4-2-1-3-16(17)18/h1-4,7,10,15,19H,5-6,8-9,11-14H2,(H,27,28)/t19-/m0/s1. The normalized spacial score (nSPS) is 24.1. The number of aliphatic carboxylic acids is 1. The van der Waals surface area contributed by atoms with Crippen molar-refractivity contribution < 1.29 is 14.7 Å². The molecular weight excluding hydrogens is 354 g/mol. The molecule has 3 fully saturated rings. The molecule has 5 rings (SSSR count). The lowest BCUT2D eigenvalue weighted by Gasteiger charge is -2.40. The van der Waals surface area contributed by atoms with Crippen molar-refractivity contribution in [3.63, 3.8) is 0 Å². The number of hydrogen-bond acceptors (Lipinski definition) is 4. The molecule has 1 N–H and O–H groups in total. The van der Waals surface area contributed by atoms with Crippen LogP contribution < -0.4 is 4.90 Å². The SMILES string of the molecule is O=C(O)[C@@H]1CC2(CCN(c3ccnc4ccccc34)CC2)CN1C(=O)C1CC1. The number of carboxylic acid groups (broad SMARTS) is 1. The Kier molecular flexibility index (Phi) is 4.03. The van der Waals surface area contributed by atoms with Gasteiger partial charge < -0.3 is 14.9 Å². The second kappa shape index (κ2) is 6.47. The summed E-state index contributed by atoms with van der Waals surface area (Å²) in [4.78, 5) is 32.9. The van der Waals surface area contributed by atoms with Gasteiger partial charge in [-0.25, -0.2) is 4.79 Å². The molecule has 3 aliphatic rings. The molecule has 1 aromatic carbocycles. The van der Waals surface area contributed by atoms with Gasteiger partial charge in [-0.1, -0.05) is 18.2 Å². The lowest BCUT2D eigenvalue weighted by Crippen LogP contribution is -2.43. The van der Waals surface area contributed by atoms with Crippen LogP contribution in [0, 0.1) is 11.3 Å². The summed E-state index contributed by atoms with van der Waals surface area (Å²) in [7, 11) is 0. The van der Waals surface area contributed by atoms with Gasteiger partial charge in [-0.15, -0.1) is 0 Å². The number of anilines is 1. The molecule has 1 amide bonds. The van der Waals surface area contributed by atoms with Gasteiger partial charge in [0.25, 0.3) is 0 Å². The van der Waals surface area contributed by atoms with E-state index >= 15 is 0 Å². The van der Waals surface area contributed by atoms with Crippen molar-refractivity contribution in [1.29, 1.82) is 0 Å². The minimum atomic E-state index is -0.853. The Morgan fingerprint density at radius 1 is 1.11 bits per heavy atom. The zero-order chi connectivity index (χ0) is 19.3.